The third-order valence-corrected chi connectivity index (χ3v) is 5.53. The Balaban J connectivity index is 2.01. The zero-order valence-electron chi connectivity index (χ0n) is 17.2. The number of para-hydroxylation sites is 1. The van der Waals surface area contributed by atoms with Gasteiger partial charge in [0.05, 0.1) is 19.1 Å². The van der Waals surface area contributed by atoms with Crippen LogP contribution in [0.5, 0.6) is 5.75 Å². The van der Waals surface area contributed by atoms with Crippen LogP contribution in [-0.4, -0.2) is 47.1 Å². The number of carboxylic acids is 1. The maximum absolute atomic E-state index is 13.2. The van der Waals surface area contributed by atoms with Crippen LogP contribution in [0.1, 0.15) is 30.5 Å². The van der Waals surface area contributed by atoms with E-state index in [0.717, 1.165) is 5.56 Å². The third-order valence-electron chi connectivity index (χ3n) is 5.53. The lowest BCUT2D eigenvalue weighted by Crippen LogP contribution is -2.53. The standard InChI is InChI=1S/C23H25NO6/c1-15-8-7-9-16(12-15)20-18(21(26)29-3)13-23(2,22(27)28)24(20)19(25)14-30-17-10-5-4-6-11-17/h4-12,18,20H,13-14H2,1-3H3,(H,27,28). The van der Waals surface area contributed by atoms with Crippen molar-refractivity contribution < 1.29 is 29.0 Å². The highest BCUT2D eigenvalue weighted by molar-refractivity contribution is 5.91. The molecule has 1 heterocycles. The van der Waals surface area contributed by atoms with E-state index < -0.39 is 35.3 Å². The Labute approximate surface area is 175 Å². The SMILES string of the molecule is COC(=O)C1CC(C)(C(=O)O)N(C(=O)COc2ccccc2)C1c1cccc(C)c1. The number of aryl methyl sites for hydroxylation is 1. The molecule has 0 bridgehead atoms. The first-order valence-electron chi connectivity index (χ1n) is 9.65. The third kappa shape index (κ3) is 4.01. The minimum Gasteiger partial charge on any atom is -0.484 e. The van der Waals surface area contributed by atoms with Gasteiger partial charge < -0.3 is 19.5 Å². The smallest absolute Gasteiger partial charge is 0.329 e. The fourth-order valence-corrected chi connectivity index (χ4v) is 4.08. The monoisotopic (exact) mass is 411 g/mol. The molecule has 1 amide bonds. The van der Waals surface area contributed by atoms with Crippen molar-refractivity contribution in [3.05, 3.63) is 65.7 Å². The molecule has 1 fully saturated rings. The Hall–Kier alpha value is -3.35. The molecule has 7 nitrogen and oxygen atoms in total. The molecule has 0 saturated carbocycles. The fourth-order valence-electron chi connectivity index (χ4n) is 4.08. The lowest BCUT2D eigenvalue weighted by atomic mass is 9.90. The molecule has 1 N–H and O–H groups in total. The van der Waals surface area contributed by atoms with Gasteiger partial charge in [0, 0.05) is 0 Å². The van der Waals surface area contributed by atoms with Crippen molar-refractivity contribution in [2.75, 3.05) is 13.7 Å². The molecule has 0 radical (unpaired) electrons. The highest BCUT2D eigenvalue weighted by Gasteiger charge is 2.58. The topological polar surface area (TPSA) is 93.1 Å². The number of carboxylic acid groups (broad SMARTS) is 1. The lowest BCUT2D eigenvalue weighted by molar-refractivity contribution is -0.158. The fraction of sp³-hybridized carbons (Fsp3) is 0.348. The minimum absolute atomic E-state index is 0.0509. The number of methoxy groups -OCH3 is 1. The van der Waals surface area contributed by atoms with Crippen LogP contribution in [0.4, 0.5) is 0 Å². The zero-order valence-corrected chi connectivity index (χ0v) is 17.2. The van der Waals surface area contributed by atoms with E-state index in [4.69, 9.17) is 9.47 Å². The summed E-state index contributed by atoms with van der Waals surface area (Å²) in [6.07, 6.45) is -0.0509. The molecule has 0 aromatic heterocycles. The molecular formula is C23H25NO6. The first-order chi connectivity index (χ1) is 14.3. The van der Waals surface area contributed by atoms with E-state index >= 15 is 0 Å². The van der Waals surface area contributed by atoms with E-state index in [1.165, 1.54) is 18.9 Å². The summed E-state index contributed by atoms with van der Waals surface area (Å²) in [5.41, 5.74) is 0.0427. The van der Waals surface area contributed by atoms with E-state index in [1.54, 1.807) is 30.3 Å². The Bertz CT molecular complexity index is 944. The van der Waals surface area contributed by atoms with Gasteiger partial charge in [-0.2, -0.15) is 0 Å². The molecule has 2 aromatic carbocycles. The van der Waals surface area contributed by atoms with E-state index in [1.807, 2.05) is 31.2 Å². The number of ether oxygens (including phenoxy) is 2. The van der Waals surface area contributed by atoms with Crippen LogP contribution in [0.2, 0.25) is 0 Å². The number of aliphatic carboxylic acids is 1. The van der Waals surface area contributed by atoms with Gasteiger partial charge in [0.2, 0.25) is 0 Å². The number of nitrogens with zero attached hydrogens (tertiary/aromatic N) is 1. The normalized spacial score (nSPS) is 23.1. The Morgan fingerprint density at radius 1 is 1.13 bits per heavy atom. The molecule has 0 spiro atoms. The molecule has 1 aliphatic rings. The summed E-state index contributed by atoms with van der Waals surface area (Å²) in [7, 11) is 1.26. The quantitative estimate of drug-likeness (QED) is 0.735. The molecule has 30 heavy (non-hydrogen) atoms. The van der Waals surface area contributed by atoms with Crippen molar-refractivity contribution in [3.63, 3.8) is 0 Å². The number of benzene rings is 2. The van der Waals surface area contributed by atoms with E-state index in [0.29, 0.717) is 11.3 Å². The molecule has 7 heteroatoms. The van der Waals surface area contributed by atoms with Crippen LogP contribution in [0, 0.1) is 12.8 Å². The van der Waals surface area contributed by atoms with E-state index in [-0.39, 0.29) is 13.0 Å². The van der Waals surface area contributed by atoms with E-state index in [9.17, 15) is 19.5 Å². The van der Waals surface area contributed by atoms with Gasteiger partial charge in [-0.25, -0.2) is 4.79 Å². The molecule has 0 aliphatic carbocycles. The van der Waals surface area contributed by atoms with Crippen LogP contribution in [0.15, 0.2) is 54.6 Å². The molecule has 1 aliphatic heterocycles. The largest absolute Gasteiger partial charge is 0.484 e. The number of amides is 1. The van der Waals surface area contributed by atoms with Gasteiger partial charge in [-0.15, -0.1) is 0 Å². The second kappa shape index (κ2) is 8.57. The molecule has 1 saturated heterocycles. The highest BCUT2D eigenvalue weighted by Crippen LogP contribution is 2.47. The molecule has 158 valence electrons. The van der Waals surface area contributed by atoms with Crippen molar-refractivity contribution in [3.8, 4) is 5.75 Å². The van der Waals surface area contributed by atoms with Gasteiger partial charge in [-0.1, -0.05) is 48.0 Å². The van der Waals surface area contributed by atoms with Gasteiger partial charge in [-0.05, 0) is 38.0 Å². The molecule has 3 atom stereocenters. The summed E-state index contributed by atoms with van der Waals surface area (Å²) in [5, 5.41) is 9.98. The van der Waals surface area contributed by atoms with Crippen molar-refractivity contribution in [1.29, 1.82) is 0 Å². The number of likely N-dealkylation sites (tertiary alicyclic amines) is 1. The van der Waals surface area contributed by atoms with Crippen molar-refractivity contribution in [2.45, 2.75) is 31.8 Å². The minimum atomic E-state index is -1.58. The lowest BCUT2D eigenvalue weighted by Gasteiger charge is -2.36. The maximum Gasteiger partial charge on any atom is 0.329 e. The maximum atomic E-state index is 13.2. The second-order valence-corrected chi connectivity index (χ2v) is 7.64. The van der Waals surface area contributed by atoms with Crippen LogP contribution in [0.3, 0.4) is 0 Å². The van der Waals surface area contributed by atoms with Gasteiger partial charge in [0.25, 0.3) is 5.91 Å². The van der Waals surface area contributed by atoms with Gasteiger partial charge >= 0.3 is 11.9 Å². The van der Waals surface area contributed by atoms with Crippen LogP contribution in [-0.2, 0) is 19.1 Å². The Kier molecular flexibility index (Phi) is 6.10. The highest BCUT2D eigenvalue weighted by atomic mass is 16.5. The number of esters is 1. The van der Waals surface area contributed by atoms with Gasteiger partial charge in [0.1, 0.15) is 11.3 Å². The van der Waals surface area contributed by atoms with Crippen LogP contribution in [0.25, 0.3) is 0 Å². The Morgan fingerprint density at radius 2 is 1.83 bits per heavy atom. The number of rotatable bonds is 6. The van der Waals surface area contributed by atoms with Crippen LogP contribution < -0.4 is 4.74 Å². The average molecular weight is 411 g/mol. The van der Waals surface area contributed by atoms with Crippen molar-refractivity contribution in [2.24, 2.45) is 5.92 Å². The number of carbonyl (C=O) groups is 3. The summed E-state index contributed by atoms with van der Waals surface area (Å²) in [4.78, 5) is 39.3. The summed E-state index contributed by atoms with van der Waals surface area (Å²) in [6.45, 7) is 3.01. The molecule has 2 aromatic rings. The summed E-state index contributed by atoms with van der Waals surface area (Å²) in [6, 6.07) is 15.4. The number of hydrogen-bond donors (Lipinski definition) is 1. The summed E-state index contributed by atoms with van der Waals surface area (Å²) < 4.78 is 10.5. The van der Waals surface area contributed by atoms with E-state index in [2.05, 4.69) is 0 Å². The van der Waals surface area contributed by atoms with Crippen LogP contribution >= 0.6 is 0 Å². The molecule has 3 rings (SSSR count). The zero-order chi connectivity index (χ0) is 21.9. The number of carbonyl (C=O) groups excluding carboxylic acids is 2. The average Bonchev–Trinajstić information content (AvgIpc) is 3.07. The predicted molar refractivity (Wildman–Crippen MR) is 109 cm³/mol. The first kappa shape index (κ1) is 21.4. The first-order valence-corrected chi connectivity index (χ1v) is 9.65. The molecule has 3 unspecified atom stereocenters. The van der Waals surface area contributed by atoms with Gasteiger partial charge in [0.15, 0.2) is 6.61 Å². The van der Waals surface area contributed by atoms with Crippen molar-refractivity contribution in [1.82, 2.24) is 4.90 Å². The number of hydrogen-bond acceptors (Lipinski definition) is 5. The molecular weight excluding hydrogens is 386 g/mol. The van der Waals surface area contributed by atoms with Gasteiger partial charge in [-0.3, -0.25) is 9.59 Å². The predicted octanol–water partition coefficient (Wildman–Crippen LogP) is 2.98. The summed E-state index contributed by atoms with van der Waals surface area (Å²) in [5.74, 6) is -2.55. The second-order valence-electron chi connectivity index (χ2n) is 7.64. The Morgan fingerprint density at radius 3 is 2.43 bits per heavy atom. The summed E-state index contributed by atoms with van der Waals surface area (Å²) >= 11 is 0. The van der Waals surface area contributed by atoms with Crippen molar-refractivity contribution >= 4 is 17.8 Å².